The average Bonchev–Trinajstić information content (AvgIpc) is 3.42. The van der Waals surface area contributed by atoms with Crippen molar-refractivity contribution in [2.45, 2.75) is 6.54 Å². The lowest BCUT2D eigenvalue weighted by Crippen LogP contribution is -2.03. The Morgan fingerprint density at radius 2 is 1.97 bits per heavy atom. The lowest BCUT2D eigenvalue weighted by atomic mass is 10.2. The predicted molar refractivity (Wildman–Crippen MR) is 105 cm³/mol. The molecular formula is C21H16FN5O2. The Morgan fingerprint density at radius 1 is 1.03 bits per heavy atom. The van der Waals surface area contributed by atoms with Crippen LogP contribution in [0.1, 0.15) is 5.56 Å². The summed E-state index contributed by atoms with van der Waals surface area (Å²) in [6.45, 7) is 0.793. The van der Waals surface area contributed by atoms with Gasteiger partial charge in [-0.25, -0.2) is 14.4 Å². The molecule has 4 aromatic rings. The van der Waals surface area contributed by atoms with Gasteiger partial charge in [-0.05, 0) is 42.0 Å². The number of ether oxygens (including phenoxy) is 2. The van der Waals surface area contributed by atoms with E-state index in [9.17, 15) is 4.39 Å². The quantitative estimate of drug-likeness (QED) is 0.536. The number of rotatable bonds is 5. The second-order valence-corrected chi connectivity index (χ2v) is 6.46. The van der Waals surface area contributed by atoms with Gasteiger partial charge in [-0.3, -0.25) is 5.10 Å². The third kappa shape index (κ3) is 3.47. The van der Waals surface area contributed by atoms with E-state index in [2.05, 4.69) is 25.5 Å². The lowest BCUT2D eigenvalue weighted by Gasteiger charge is -2.09. The van der Waals surface area contributed by atoms with E-state index in [1.807, 2.05) is 30.3 Å². The molecule has 144 valence electrons. The number of benzene rings is 2. The Kier molecular flexibility index (Phi) is 4.28. The molecule has 2 N–H and O–H groups in total. The van der Waals surface area contributed by atoms with E-state index < -0.39 is 0 Å². The highest BCUT2D eigenvalue weighted by molar-refractivity contribution is 5.71. The van der Waals surface area contributed by atoms with Gasteiger partial charge in [0.05, 0.1) is 5.56 Å². The molecule has 0 aliphatic carbocycles. The van der Waals surface area contributed by atoms with E-state index in [-0.39, 0.29) is 12.6 Å². The number of fused-ring (bicyclic) bond motifs is 1. The number of hydrogen-bond acceptors (Lipinski definition) is 6. The van der Waals surface area contributed by atoms with E-state index in [0.717, 1.165) is 22.6 Å². The maximum atomic E-state index is 13.5. The first-order valence-corrected chi connectivity index (χ1v) is 9.02. The van der Waals surface area contributed by atoms with Crippen LogP contribution in [0.5, 0.6) is 11.5 Å². The third-order valence-electron chi connectivity index (χ3n) is 4.53. The number of aromatic nitrogens is 4. The smallest absolute Gasteiger partial charge is 0.231 e. The predicted octanol–water partition coefficient (Wildman–Crippen LogP) is 4.01. The molecule has 1 aliphatic rings. The van der Waals surface area contributed by atoms with Crippen LogP contribution in [0.15, 0.2) is 60.8 Å². The van der Waals surface area contributed by atoms with Crippen molar-refractivity contribution in [1.29, 1.82) is 0 Å². The third-order valence-corrected chi connectivity index (χ3v) is 4.53. The molecule has 0 bridgehead atoms. The number of aromatic amines is 1. The minimum absolute atomic E-state index is 0.246. The first kappa shape index (κ1) is 17.2. The van der Waals surface area contributed by atoms with Crippen molar-refractivity contribution >= 4 is 5.82 Å². The Hall–Kier alpha value is -3.94. The fraction of sp³-hybridized carbons (Fsp3) is 0.0952. The maximum absolute atomic E-state index is 13.5. The van der Waals surface area contributed by atoms with Crippen molar-refractivity contribution in [3.05, 3.63) is 72.2 Å². The van der Waals surface area contributed by atoms with Crippen LogP contribution in [0.25, 0.3) is 22.8 Å². The number of nitrogens with zero attached hydrogens (tertiary/aromatic N) is 3. The van der Waals surface area contributed by atoms with Crippen molar-refractivity contribution < 1.29 is 13.9 Å². The molecule has 0 radical (unpaired) electrons. The van der Waals surface area contributed by atoms with Crippen LogP contribution >= 0.6 is 0 Å². The Bertz CT molecular complexity index is 1180. The van der Waals surface area contributed by atoms with Crippen LogP contribution < -0.4 is 14.8 Å². The molecule has 1 aliphatic heterocycles. The van der Waals surface area contributed by atoms with Crippen molar-refractivity contribution in [3.8, 4) is 34.3 Å². The van der Waals surface area contributed by atoms with E-state index in [4.69, 9.17) is 9.47 Å². The summed E-state index contributed by atoms with van der Waals surface area (Å²) in [6, 6.07) is 15.7. The largest absolute Gasteiger partial charge is 0.454 e. The van der Waals surface area contributed by atoms with Crippen LogP contribution in [-0.4, -0.2) is 27.0 Å². The van der Waals surface area contributed by atoms with Crippen LogP contribution in [0.3, 0.4) is 0 Å². The number of H-pyrrole nitrogens is 1. The molecule has 0 spiro atoms. The second-order valence-electron chi connectivity index (χ2n) is 6.46. The number of pyridine rings is 1. The van der Waals surface area contributed by atoms with Crippen molar-refractivity contribution in [1.82, 2.24) is 20.2 Å². The fourth-order valence-corrected chi connectivity index (χ4v) is 3.11. The topological polar surface area (TPSA) is 85.0 Å². The molecule has 3 heterocycles. The van der Waals surface area contributed by atoms with Gasteiger partial charge >= 0.3 is 0 Å². The van der Waals surface area contributed by atoms with Crippen LogP contribution in [0.2, 0.25) is 0 Å². The lowest BCUT2D eigenvalue weighted by molar-refractivity contribution is 0.174. The van der Waals surface area contributed by atoms with Gasteiger partial charge < -0.3 is 14.8 Å². The minimum atomic E-state index is -0.332. The monoisotopic (exact) mass is 389 g/mol. The Morgan fingerprint density at radius 3 is 2.90 bits per heavy atom. The van der Waals surface area contributed by atoms with E-state index in [1.165, 1.54) is 12.1 Å². The summed E-state index contributed by atoms with van der Waals surface area (Å²) < 4.78 is 24.3. The molecule has 5 rings (SSSR count). The zero-order chi connectivity index (χ0) is 19.6. The van der Waals surface area contributed by atoms with E-state index in [1.54, 1.807) is 18.3 Å². The summed E-state index contributed by atoms with van der Waals surface area (Å²) in [7, 11) is 0. The van der Waals surface area contributed by atoms with E-state index in [0.29, 0.717) is 29.6 Å². The Balaban J connectivity index is 1.38. The molecule has 2 aromatic carbocycles. The Labute approximate surface area is 165 Å². The van der Waals surface area contributed by atoms with Gasteiger partial charge in [-0.2, -0.15) is 5.10 Å². The van der Waals surface area contributed by atoms with Gasteiger partial charge in [0.25, 0.3) is 0 Å². The standard InChI is InChI=1S/C21H16FN5O2/c22-15-4-1-3-14(10-15)19-25-21(27-26-19)16-5-2-8-23-20(16)24-11-13-6-7-17-18(9-13)29-12-28-17/h1-10H,11-12H2,(H,23,24)(H,25,26,27). The molecule has 0 unspecified atom stereocenters. The second kappa shape index (κ2) is 7.23. The van der Waals surface area contributed by atoms with Crippen molar-refractivity contribution in [2.24, 2.45) is 0 Å². The minimum Gasteiger partial charge on any atom is -0.454 e. The normalized spacial score (nSPS) is 12.2. The number of hydrogen-bond donors (Lipinski definition) is 2. The highest BCUT2D eigenvalue weighted by Gasteiger charge is 2.15. The van der Waals surface area contributed by atoms with Crippen LogP contribution in [-0.2, 0) is 6.54 Å². The van der Waals surface area contributed by atoms with Gasteiger partial charge in [0.2, 0.25) is 6.79 Å². The summed E-state index contributed by atoms with van der Waals surface area (Å²) in [4.78, 5) is 8.93. The maximum Gasteiger partial charge on any atom is 0.231 e. The number of anilines is 1. The molecule has 0 saturated heterocycles. The molecule has 2 aromatic heterocycles. The first-order chi connectivity index (χ1) is 14.3. The molecule has 0 saturated carbocycles. The highest BCUT2D eigenvalue weighted by atomic mass is 19.1. The molecule has 8 heteroatoms. The van der Waals surface area contributed by atoms with Gasteiger partial charge in [0.1, 0.15) is 11.6 Å². The highest BCUT2D eigenvalue weighted by Crippen LogP contribution is 2.33. The number of nitrogens with one attached hydrogen (secondary N) is 2. The molecule has 0 atom stereocenters. The first-order valence-electron chi connectivity index (χ1n) is 9.02. The summed E-state index contributed by atoms with van der Waals surface area (Å²) >= 11 is 0. The number of halogens is 1. The van der Waals surface area contributed by atoms with Gasteiger partial charge in [0, 0.05) is 18.3 Å². The van der Waals surface area contributed by atoms with Gasteiger partial charge in [-0.15, -0.1) is 0 Å². The molecule has 0 amide bonds. The summed E-state index contributed by atoms with van der Waals surface area (Å²) in [6.07, 6.45) is 1.70. The van der Waals surface area contributed by atoms with Crippen molar-refractivity contribution in [2.75, 3.05) is 12.1 Å². The SMILES string of the molecule is Fc1cccc(-c2n[nH]c(-c3cccnc3NCc3ccc4c(c3)OCO4)n2)c1. The zero-order valence-electron chi connectivity index (χ0n) is 15.2. The molecule has 29 heavy (non-hydrogen) atoms. The fourth-order valence-electron chi connectivity index (χ4n) is 3.11. The molecular weight excluding hydrogens is 373 g/mol. The average molecular weight is 389 g/mol. The van der Waals surface area contributed by atoms with E-state index >= 15 is 0 Å². The zero-order valence-corrected chi connectivity index (χ0v) is 15.2. The van der Waals surface area contributed by atoms with Crippen LogP contribution in [0, 0.1) is 5.82 Å². The summed E-state index contributed by atoms with van der Waals surface area (Å²) in [5, 5.41) is 10.4. The van der Waals surface area contributed by atoms with Crippen LogP contribution in [0.4, 0.5) is 10.2 Å². The summed E-state index contributed by atoms with van der Waals surface area (Å²) in [5.74, 6) is 2.78. The van der Waals surface area contributed by atoms with Crippen molar-refractivity contribution in [3.63, 3.8) is 0 Å². The summed E-state index contributed by atoms with van der Waals surface area (Å²) in [5.41, 5.74) is 2.40. The van der Waals surface area contributed by atoms with Gasteiger partial charge in [0.15, 0.2) is 23.1 Å². The molecule has 7 nitrogen and oxygen atoms in total. The molecule has 0 fully saturated rings. The van der Waals surface area contributed by atoms with Gasteiger partial charge in [-0.1, -0.05) is 18.2 Å².